The number of halogens is 1. The first-order valence-electron chi connectivity index (χ1n) is 7.03. The van der Waals surface area contributed by atoms with E-state index in [0.717, 1.165) is 27.7 Å². The summed E-state index contributed by atoms with van der Waals surface area (Å²) in [4.78, 5) is 8.88. The number of fused-ring (bicyclic) bond motifs is 1. The van der Waals surface area contributed by atoms with Crippen LogP contribution in [0.4, 0.5) is 5.13 Å². The van der Waals surface area contributed by atoms with Gasteiger partial charge >= 0.3 is 0 Å². The Bertz CT molecular complexity index is 1020. The Balaban J connectivity index is 2.03. The van der Waals surface area contributed by atoms with E-state index in [-0.39, 0.29) is 0 Å². The summed E-state index contributed by atoms with van der Waals surface area (Å²) in [5.74, 6) is 0.760. The van der Waals surface area contributed by atoms with Gasteiger partial charge in [-0.25, -0.2) is 9.98 Å². The van der Waals surface area contributed by atoms with Crippen LogP contribution in [0.15, 0.2) is 75.6 Å². The minimum absolute atomic E-state index is 0.649. The highest BCUT2D eigenvalue weighted by atomic mass is 35.5. The average Bonchev–Trinajstić information content (AvgIpc) is 3.09. The topological polar surface area (TPSA) is 38.4 Å². The quantitative estimate of drug-likeness (QED) is 0.488. The number of hydrogen-bond donors (Lipinski definition) is 0. The number of benzene rings is 2. The van der Waals surface area contributed by atoms with E-state index in [4.69, 9.17) is 16.0 Å². The highest BCUT2D eigenvalue weighted by molar-refractivity contribution is 7.13. The zero-order chi connectivity index (χ0) is 15.6. The lowest BCUT2D eigenvalue weighted by Crippen LogP contribution is -2.03. The van der Waals surface area contributed by atoms with Gasteiger partial charge < -0.3 is 4.42 Å². The van der Waals surface area contributed by atoms with Crippen molar-refractivity contribution in [3.63, 3.8) is 0 Å². The molecular weight excluding hydrogens is 328 g/mol. The minimum Gasteiger partial charge on any atom is -0.456 e. The summed E-state index contributed by atoms with van der Waals surface area (Å²) >= 11 is 7.62. The molecule has 0 N–H and O–H groups in total. The zero-order valence-electron chi connectivity index (χ0n) is 11.9. The molecule has 3 nitrogen and oxygen atoms in total. The molecule has 2 aromatic heterocycles. The second kappa shape index (κ2) is 5.99. The van der Waals surface area contributed by atoms with Crippen molar-refractivity contribution in [2.24, 2.45) is 4.99 Å². The number of aromatic nitrogens is 1. The van der Waals surface area contributed by atoms with Gasteiger partial charge in [0.1, 0.15) is 11.3 Å². The van der Waals surface area contributed by atoms with Crippen LogP contribution in [0.2, 0.25) is 5.02 Å². The van der Waals surface area contributed by atoms with Crippen LogP contribution in [0.3, 0.4) is 0 Å². The predicted octanol–water partition coefficient (Wildman–Crippen LogP) is 5.44. The van der Waals surface area contributed by atoms with Crippen LogP contribution in [0.25, 0.3) is 22.3 Å². The Morgan fingerprint density at radius 1 is 1.04 bits per heavy atom. The summed E-state index contributed by atoms with van der Waals surface area (Å²) in [6, 6.07) is 17.4. The molecule has 0 amide bonds. The van der Waals surface area contributed by atoms with Crippen molar-refractivity contribution in [1.82, 2.24) is 4.98 Å². The largest absolute Gasteiger partial charge is 0.456 e. The van der Waals surface area contributed by atoms with Gasteiger partial charge in [-0.15, -0.1) is 11.3 Å². The second-order valence-corrected chi connectivity index (χ2v) is 6.24. The number of nitrogens with zero attached hydrogens (tertiary/aromatic N) is 2. The van der Waals surface area contributed by atoms with Crippen molar-refractivity contribution in [3.8, 4) is 11.3 Å². The highest BCUT2D eigenvalue weighted by Gasteiger charge is 2.07. The highest BCUT2D eigenvalue weighted by Crippen LogP contribution is 2.24. The lowest BCUT2D eigenvalue weighted by molar-refractivity contribution is 0.618. The molecule has 2 aromatic carbocycles. The van der Waals surface area contributed by atoms with Gasteiger partial charge in [0.2, 0.25) is 5.13 Å². The van der Waals surface area contributed by atoms with Gasteiger partial charge in [0, 0.05) is 33.6 Å². The first kappa shape index (κ1) is 14.2. The SMILES string of the molecule is Clc1ccc2oc(-c3ccccc3)c/c(=N\c3nccs3)c2c1. The van der Waals surface area contributed by atoms with Crippen molar-refractivity contribution in [2.75, 3.05) is 0 Å². The summed E-state index contributed by atoms with van der Waals surface area (Å²) < 4.78 is 6.03. The van der Waals surface area contributed by atoms with Crippen molar-refractivity contribution >= 4 is 39.0 Å². The molecule has 4 rings (SSSR count). The van der Waals surface area contributed by atoms with Crippen LogP contribution in [-0.2, 0) is 0 Å². The van der Waals surface area contributed by atoms with Gasteiger partial charge in [-0.2, -0.15) is 0 Å². The first-order chi connectivity index (χ1) is 11.3. The molecule has 0 aliphatic rings. The fourth-order valence-corrected chi connectivity index (χ4v) is 3.04. The van der Waals surface area contributed by atoms with Gasteiger partial charge in [-0.3, -0.25) is 0 Å². The maximum absolute atomic E-state index is 6.13. The number of thiazole rings is 1. The third-order valence-corrected chi connectivity index (χ3v) is 4.30. The van der Waals surface area contributed by atoms with Crippen LogP contribution in [0.5, 0.6) is 0 Å². The minimum atomic E-state index is 0.649. The van der Waals surface area contributed by atoms with E-state index in [1.54, 1.807) is 6.20 Å². The third-order valence-electron chi connectivity index (χ3n) is 3.40. The zero-order valence-corrected chi connectivity index (χ0v) is 13.5. The standard InChI is InChI=1S/C18H11ClN2OS/c19-13-6-7-16-14(10-13)15(21-18-20-8-9-23-18)11-17(22-16)12-4-2-1-3-5-12/h1-11H/b21-15+. The van der Waals surface area contributed by atoms with Crippen LogP contribution in [-0.4, -0.2) is 4.98 Å². The van der Waals surface area contributed by atoms with Gasteiger partial charge in [-0.1, -0.05) is 41.9 Å². The lowest BCUT2D eigenvalue weighted by atomic mass is 10.1. The van der Waals surface area contributed by atoms with E-state index >= 15 is 0 Å². The number of rotatable bonds is 2. The monoisotopic (exact) mass is 338 g/mol. The molecule has 0 bridgehead atoms. The Hall–Kier alpha value is -2.43. The molecule has 0 radical (unpaired) electrons. The van der Waals surface area contributed by atoms with Crippen LogP contribution in [0.1, 0.15) is 0 Å². The molecule has 0 atom stereocenters. The van der Waals surface area contributed by atoms with Crippen LogP contribution in [0, 0.1) is 0 Å². The van der Waals surface area contributed by atoms with Gasteiger partial charge in [0.05, 0.1) is 5.36 Å². The molecule has 4 aromatic rings. The van der Waals surface area contributed by atoms with E-state index in [1.165, 1.54) is 11.3 Å². The Morgan fingerprint density at radius 2 is 1.91 bits per heavy atom. The Morgan fingerprint density at radius 3 is 2.70 bits per heavy atom. The number of hydrogen-bond acceptors (Lipinski definition) is 4. The van der Waals surface area contributed by atoms with Crippen molar-refractivity contribution in [3.05, 3.63) is 76.6 Å². The van der Waals surface area contributed by atoms with Crippen LogP contribution >= 0.6 is 22.9 Å². The summed E-state index contributed by atoms with van der Waals surface area (Å²) in [7, 11) is 0. The lowest BCUT2D eigenvalue weighted by Gasteiger charge is -2.05. The summed E-state index contributed by atoms with van der Waals surface area (Å²) in [5.41, 5.74) is 1.74. The average molecular weight is 339 g/mol. The summed E-state index contributed by atoms with van der Waals surface area (Å²) in [6.07, 6.45) is 1.74. The molecule has 5 heteroatoms. The van der Waals surface area contributed by atoms with Crippen molar-refractivity contribution in [1.29, 1.82) is 0 Å². The first-order valence-corrected chi connectivity index (χ1v) is 8.28. The van der Waals surface area contributed by atoms with E-state index in [0.29, 0.717) is 10.2 Å². The van der Waals surface area contributed by atoms with E-state index in [9.17, 15) is 0 Å². The van der Waals surface area contributed by atoms with Crippen molar-refractivity contribution < 1.29 is 4.42 Å². The molecule has 23 heavy (non-hydrogen) atoms. The molecule has 0 unspecified atom stereocenters. The van der Waals surface area contributed by atoms with Gasteiger partial charge in [-0.05, 0) is 18.2 Å². The van der Waals surface area contributed by atoms with Gasteiger partial charge in [0.15, 0.2) is 0 Å². The Labute approximate surface area is 141 Å². The van der Waals surface area contributed by atoms with Gasteiger partial charge in [0.25, 0.3) is 0 Å². The molecule has 0 aliphatic heterocycles. The molecule has 0 spiro atoms. The fourth-order valence-electron chi connectivity index (χ4n) is 2.35. The van der Waals surface area contributed by atoms with E-state index in [2.05, 4.69) is 9.98 Å². The second-order valence-electron chi connectivity index (χ2n) is 4.93. The molecule has 2 heterocycles. The third kappa shape index (κ3) is 2.91. The van der Waals surface area contributed by atoms with E-state index in [1.807, 2.05) is 60.0 Å². The molecule has 0 fully saturated rings. The van der Waals surface area contributed by atoms with Crippen LogP contribution < -0.4 is 5.36 Å². The summed E-state index contributed by atoms with van der Waals surface area (Å²) in [6.45, 7) is 0. The molecular formula is C18H11ClN2OS. The van der Waals surface area contributed by atoms with E-state index < -0.39 is 0 Å². The molecule has 0 aliphatic carbocycles. The Kier molecular flexibility index (Phi) is 3.69. The maximum atomic E-state index is 6.13. The smallest absolute Gasteiger partial charge is 0.209 e. The maximum Gasteiger partial charge on any atom is 0.209 e. The molecule has 0 saturated carbocycles. The van der Waals surface area contributed by atoms with Crippen molar-refractivity contribution in [2.45, 2.75) is 0 Å². The summed E-state index contributed by atoms with van der Waals surface area (Å²) in [5, 5.41) is 4.92. The molecule has 0 saturated heterocycles. The predicted molar refractivity (Wildman–Crippen MR) is 94.0 cm³/mol. The normalized spacial score (nSPS) is 12.0. The fraction of sp³-hybridized carbons (Fsp3) is 0. The molecule has 112 valence electrons.